The third-order valence-electron chi connectivity index (χ3n) is 2.98. The van der Waals surface area contributed by atoms with Crippen molar-refractivity contribution in [1.82, 2.24) is 4.98 Å². The van der Waals surface area contributed by atoms with Gasteiger partial charge in [-0.2, -0.15) is 0 Å². The van der Waals surface area contributed by atoms with Gasteiger partial charge in [0.1, 0.15) is 0 Å². The van der Waals surface area contributed by atoms with E-state index in [9.17, 15) is 4.79 Å². The molecule has 0 saturated heterocycles. The quantitative estimate of drug-likeness (QED) is 0.767. The fraction of sp³-hybridized carbons (Fsp3) is 0.250. The fourth-order valence-electron chi connectivity index (χ4n) is 1.87. The Bertz CT molecular complexity index is 634. The smallest absolute Gasteiger partial charge is 0.257 e. The summed E-state index contributed by atoms with van der Waals surface area (Å²) in [6.45, 7) is 1.44. The first kappa shape index (κ1) is 16.3. The number of amides is 1. The summed E-state index contributed by atoms with van der Waals surface area (Å²) < 4.78 is 4.99. The zero-order valence-corrected chi connectivity index (χ0v) is 13.1. The molecule has 1 aromatic heterocycles. The number of methoxy groups -OCH3 is 1. The Labute approximate surface area is 134 Å². The second-order valence-electron chi connectivity index (χ2n) is 4.67. The van der Waals surface area contributed by atoms with E-state index in [1.807, 2.05) is 12.1 Å². The molecular formula is C16H18ClN3O2. The van der Waals surface area contributed by atoms with Crippen LogP contribution < -0.4 is 10.6 Å². The number of nitrogens with zero attached hydrogens (tertiary/aromatic N) is 1. The van der Waals surface area contributed by atoms with Crippen molar-refractivity contribution in [2.45, 2.75) is 6.42 Å². The molecule has 0 atom stereocenters. The molecule has 2 aromatic rings. The lowest BCUT2D eigenvalue weighted by atomic mass is 10.2. The number of benzene rings is 1. The molecule has 5 nitrogen and oxygen atoms in total. The molecule has 0 fully saturated rings. The van der Waals surface area contributed by atoms with Gasteiger partial charge < -0.3 is 15.4 Å². The highest BCUT2D eigenvalue weighted by atomic mass is 35.5. The highest BCUT2D eigenvalue weighted by molar-refractivity contribution is 6.33. The molecule has 116 valence electrons. The molecule has 1 aromatic carbocycles. The predicted molar refractivity (Wildman–Crippen MR) is 88.6 cm³/mol. The first-order valence-electron chi connectivity index (χ1n) is 6.94. The van der Waals surface area contributed by atoms with E-state index in [0.717, 1.165) is 18.7 Å². The van der Waals surface area contributed by atoms with Gasteiger partial charge in [-0.15, -0.1) is 0 Å². The van der Waals surface area contributed by atoms with Crippen LogP contribution in [0.4, 0.5) is 11.4 Å². The Morgan fingerprint density at radius 1 is 1.32 bits per heavy atom. The second kappa shape index (κ2) is 8.36. The van der Waals surface area contributed by atoms with Crippen molar-refractivity contribution in [3.8, 4) is 0 Å². The van der Waals surface area contributed by atoms with Crippen LogP contribution in [0.1, 0.15) is 16.8 Å². The van der Waals surface area contributed by atoms with E-state index in [-0.39, 0.29) is 5.91 Å². The summed E-state index contributed by atoms with van der Waals surface area (Å²) >= 11 is 6.03. The van der Waals surface area contributed by atoms with E-state index in [0.29, 0.717) is 22.9 Å². The van der Waals surface area contributed by atoms with Crippen LogP contribution in [0.5, 0.6) is 0 Å². The van der Waals surface area contributed by atoms with Gasteiger partial charge in [-0.05, 0) is 24.6 Å². The first-order valence-corrected chi connectivity index (χ1v) is 7.32. The summed E-state index contributed by atoms with van der Waals surface area (Å²) in [5, 5.41) is 6.47. The number of carbonyl (C=O) groups is 1. The SMILES string of the molecule is COCCCNc1cncc(C(=O)Nc2ccccc2Cl)c1. The van der Waals surface area contributed by atoms with E-state index in [1.54, 1.807) is 31.5 Å². The topological polar surface area (TPSA) is 63.2 Å². The molecule has 2 rings (SSSR count). The molecule has 0 unspecified atom stereocenters. The van der Waals surface area contributed by atoms with Gasteiger partial charge in [0.05, 0.1) is 22.0 Å². The Hall–Kier alpha value is -2.11. The van der Waals surface area contributed by atoms with Crippen LogP contribution in [-0.2, 0) is 4.74 Å². The number of halogens is 1. The zero-order valence-electron chi connectivity index (χ0n) is 12.3. The van der Waals surface area contributed by atoms with E-state index >= 15 is 0 Å². The molecule has 1 heterocycles. The zero-order chi connectivity index (χ0) is 15.8. The van der Waals surface area contributed by atoms with Crippen LogP contribution >= 0.6 is 11.6 Å². The van der Waals surface area contributed by atoms with Crippen LogP contribution in [0, 0.1) is 0 Å². The van der Waals surface area contributed by atoms with E-state index in [1.165, 1.54) is 6.20 Å². The van der Waals surface area contributed by atoms with Gasteiger partial charge in [-0.3, -0.25) is 9.78 Å². The van der Waals surface area contributed by atoms with Gasteiger partial charge in [0.25, 0.3) is 5.91 Å². The number of carbonyl (C=O) groups excluding carboxylic acids is 1. The number of nitrogens with one attached hydrogen (secondary N) is 2. The largest absolute Gasteiger partial charge is 0.385 e. The number of para-hydroxylation sites is 1. The number of anilines is 2. The molecular weight excluding hydrogens is 302 g/mol. The molecule has 22 heavy (non-hydrogen) atoms. The lowest BCUT2D eigenvalue weighted by molar-refractivity contribution is 0.102. The minimum Gasteiger partial charge on any atom is -0.385 e. The third-order valence-corrected chi connectivity index (χ3v) is 3.31. The maximum atomic E-state index is 12.2. The molecule has 6 heteroatoms. The van der Waals surface area contributed by atoms with Crippen molar-refractivity contribution in [3.63, 3.8) is 0 Å². The summed E-state index contributed by atoms with van der Waals surface area (Å²) in [7, 11) is 1.67. The Kier molecular flexibility index (Phi) is 6.18. The van der Waals surface area contributed by atoms with E-state index in [2.05, 4.69) is 15.6 Å². The van der Waals surface area contributed by atoms with Crippen molar-refractivity contribution >= 4 is 28.9 Å². The van der Waals surface area contributed by atoms with Crippen molar-refractivity contribution in [1.29, 1.82) is 0 Å². The Balaban J connectivity index is 1.99. The average molecular weight is 320 g/mol. The van der Waals surface area contributed by atoms with Crippen LogP contribution in [0.3, 0.4) is 0 Å². The summed E-state index contributed by atoms with van der Waals surface area (Å²) in [5.41, 5.74) is 1.84. The fourth-order valence-corrected chi connectivity index (χ4v) is 2.05. The summed E-state index contributed by atoms with van der Waals surface area (Å²) in [4.78, 5) is 16.3. The van der Waals surface area contributed by atoms with Crippen molar-refractivity contribution in [2.75, 3.05) is 30.9 Å². The minimum atomic E-state index is -0.249. The number of hydrogen-bond acceptors (Lipinski definition) is 4. The lowest BCUT2D eigenvalue weighted by Gasteiger charge is -2.09. The maximum absolute atomic E-state index is 12.2. The van der Waals surface area contributed by atoms with Crippen LogP contribution in [0.25, 0.3) is 0 Å². The normalized spacial score (nSPS) is 10.3. The first-order chi connectivity index (χ1) is 10.7. The number of ether oxygens (including phenoxy) is 1. The van der Waals surface area contributed by atoms with E-state index in [4.69, 9.17) is 16.3 Å². The van der Waals surface area contributed by atoms with Crippen molar-refractivity contribution in [3.05, 3.63) is 53.3 Å². The molecule has 2 N–H and O–H groups in total. The predicted octanol–water partition coefficient (Wildman–Crippen LogP) is 3.44. The molecule has 0 aliphatic heterocycles. The number of hydrogen-bond donors (Lipinski definition) is 2. The second-order valence-corrected chi connectivity index (χ2v) is 5.08. The van der Waals surface area contributed by atoms with Gasteiger partial charge in [-0.1, -0.05) is 23.7 Å². The van der Waals surface area contributed by atoms with Crippen LogP contribution in [-0.4, -0.2) is 31.2 Å². The van der Waals surface area contributed by atoms with Crippen molar-refractivity contribution in [2.24, 2.45) is 0 Å². The van der Waals surface area contributed by atoms with Crippen LogP contribution in [0.2, 0.25) is 5.02 Å². The van der Waals surface area contributed by atoms with Gasteiger partial charge in [-0.25, -0.2) is 0 Å². The standard InChI is InChI=1S/C16H18ClN3O2/c1-22-8-4-7-19-13-9-12(10-18-11-13)16(21)20-15-6-3-2-5-14(15)17/h2-3,5-6,9-11,19H,4,7-8H2,1H3,(H,20,21). The van der Waals surface area contributed by atoms with Crippen LogP contribution in [0.15, 0.2) is 42.7 Å². The summed E-state index contributed by atoms with van der Waals surface area (Å²) in [5.74, 6) is -0.249. The third kappa shape index (κ3) is 4.72. The molecule has 0 spiro atoms. The number of aromatic nitrogens is 1. The molecule has 0 saturated carbocycles. The van der Waals surface area contributed by atoms with Gasteiger partial charge in [0, 0.05) is 32.7 Å². The number of rotatable bonds is 7. The Morgan fingerprint density at radius 2 is 2.14 bits per heavy atom. The van der Waals surface area contributed by atoms with E-state index < -0.39 is 0 Å². The lowest BCUT2D eigenvalue weighted by Crippen LogP contribution is -2.13. The molecule has 0 bridgehead atoms. The average Bonchev–Trinajstić information content (AvgIpc) is 2.54. The monoisotopic (exact) mass is 319 g/mol. The summed E-state index contributed by atoms with van der Waals surface area (Å²) in [6.07, 6.45) is 4.08. The summed E-state index contributed by atoms with van der Waals surface area (Å²) in [6, 6.07) is 8.85. The molecule has 0 radical (unpaired) electrons. The van der Waals surface area contributed by atoms with Gasteiger partial charge in [0.15, 0.2) is 0 Å². The molecule has 0 aliphatic rings. The maximum Gasteiger partial charge on any atom is 0.257 e. The van der Waals surface area contributed by atoms with Gasteiger partial charge >= 0.3 is 0 Å². The van der Waals surface area contributed by atoms with Gasteiger partial charge in [0.2, 0.25) is 0 Å². The Morgan fingerprint density at radius 3 is 2.91 bits per heavy atom. The minimum absolute atomic E-state index is 0.249. The highest BCUT2D eigenvalue weighted by Crippen LogP contribution is 2.21. The highest BCUT2D eigenvalue weighted by Gasteiger charge is 2.09. The number of pyridine rings is 1. The van der Waals surface area contributed by atoms with Crippen molar-refractivity contribution < 1.29 is 9.53 Å². The molecule has 0 aliphatic carbocycles. The molecule has 1 amide bonds.